The lowest BCUT2D eigenvalue weighted by molar-refractivity contribution is -0.146. The van der Waals surface area contributed by atoms with Crippen molar-refractivity contribution in [3.63, 3.8) is 0 Å². The summed E-state index contributed by atoms with van der Waals surface area (Å²) >= 11 is 0. The third-order valence-electron chi connectivity index (χ3n) is 5.68. The first-order valence-corrected chi connectivity index (χ1v) is 10.9. The summed E-state index contributed by atoms with van der Waals surface area (Å²) in [6.45, 7) is 15.2. The van der Waals surface area contributed by atoms with E-state index in [4.69, 9.17) is 5.11 Å². The Balaban J connectivity index is 3.82. The summed E-state index contributed by atoms with van der Waals surface area (Å²) in [7, 11) is 0. The standard InChI is InChI=1S/C24H46O2/c1-19(2)11-8-12-20(3)13-9-14-21(4)15-10-16-22(5)17-18-24(6,7)23(25)26/h17,19-21H,8-16,18H2,1-7H3,(H,25,26). The van der Waals surface area contributed by atoms with Crippen molar-refractivity contribution in [2.24, 2.45) is 23.2 Å². The number of hydrogen-bond acceptors (Lipinski definition) is 1. The number of rotatable bonds is 15. The van der Waals surface area contributed by atoms with E-state index in [0.717, 1.165) is 24.2 Å². The summed E-state index contributed by atoms with van der Waals surface area (Å²) in [5, 5.41) is 9.17. The Morgan fingerprint density at radius 2 is 1.35 bits per heavy atom. The fourth-order valence-electron chi connectivity index (χ4n) is 3.33. The molecule has 0 radical (unpaired) electrons. The third kappa shape index (κ3) is 13.4. The SMILES string of the molecule is CC(=CCC(C)(C)C(=O)O)CCCC(C)CCCC(C)CCCC(C)C. The summed E-state index contributed by atoms with van der Waals surface area (Å²) in [4.78, 5) is 11.1. The van der Waals surface area contributed by atoms with E-state index in [1.807, 2.05) is 0 Å². The molecular weight excluding hydrogens is 320 g/mol. The van der Waals surface area contributed by atoms with Crippen molar-refractivity contribution in [3.8, 4) is 0 Å². The lowest BCUT2D eigenvalue weighted by atomic mass is 9.88. The molecular formula is C24H46O2. The van der Waals surface area contributed by atoms with E-state index in [2.05, 4.69) is 40.7 Å². The lowest BCUT2D eigenvalue weighted by Gasteiger charge is -2.17. The smallest absolute Gasteiger partial charge is 0.309 e. The molecule has 0 saturated heterocycles. The molecule has 0 rings (SSSR count). The fourth-order valence-corrected chi connectivity index (χ4v) is 3.33. The van der Waals surface area contributed by atoms with Gasteiger partial charge in [0.05, 0.1) is 5.41 Å². The molecule has 2 heteroatoms. The van der Waals surface area contributed by atoms with Gasteiger partial charge in [-0.05, 0) is 57.8 Å². The van der Waals surface area contributed by atoms with Crippen LogP contribution in [0, 0.1) is 23.2 Å². The van der Waals surface area contributed by atoms with Gasteiger partial charge in [0, 0.05) is 0 Å². The third-order valence-corrected chi connectivity index (χ3v) is 5.68. The Morgan fingerprint density at radius 3 is 1.81 bits per heavy atom. The van der Waals surface area contributed by atoms with Crippen LogP contribution in [0.3, 0.4) is 0 Å². The second-order valence-corrected chi connectivity index (χ2v) is 9.80. The van der Waals surface area contributed by atoms with E-state index < -0.39 is 11.4 Å². The van der Waals surface area contributed by atoms with Gasteiger partial charge in [-0.15, -0.1) is 0 Å². The summed E-state index contributed by atoms with van der Waals surface area (Å²) in [5.74, 6) is 1.81. The van der Waals surface area contributed by atoms with Gasteiger partial charge in [0.15, 0.2) is 0 Å². The van der Waals surface area contributed by atoms with E-state index in [-0.39, 0.29) is 0 Å². The molecule has 0 aliphatic heterocycles. The summed E-state index contributed by atoms with van der Waals surface area (Å²) < 4.78 is 0. The van der Waals surface area contributed by atoms with Gasteiger partial charge in [0.25, 0.3) is 0 Å². The molecule has 2 atom stereocenters. The van der Waals surface area contributed by atoms with Crippen molar-refractivity contribution in [1.29, 1.82) is 0 Å². The predicted molar refractivity (Wildman–Crippen MR) is 115 cm³/mol. The Bertz CT molecular complexity index is 406. The second kappa shape index (κ2) is 13.4. The van der Waals surface area contributed by atoms with Crippen LogP contribution in [-0.4, -0.2) is 11.1 Å². The van der Waals surface area contributed by atoms with Crippen LogP contribution in [0.2, 0.25) is 0 Å². The zero-order valence-corrected chi connectivity index (χ0v) is 18.7. The molecule has 2 nitrogen and oxygen atoms in total. The average Bonchev–Trinajstić information content (AvgIpc) is 2.52. The molecule has 0 aromatic heterocycles. The minimum absolute atomic E-state index is 0.623. The second-order valence-electron chi connectivity index (χ2n) is 9.80. The maximum absolute atomic E-state index is 11.1. The number of carboxylic acids is 1. The highest BCUT2D eigenvalue weighted by Gasteiger charge is 2.25. The number of carboxylic acid groups (broad SMARTS) is 1. The molecule has 0 heterocycles. The van der Waals surface area contributed by atoms with Crippen molar-refractivity contribution in [2.75, 3.05) is 0 Å². The molecule has 0 saturated carbocycles. The van der Waals surface area contributed by atoms with Gasteiger partial charge in [0.2, 0.25) is 0 Å². The Morgan fingerprint density at radius 1 is 0.885 bits per heavy atom. The first-order chi connectivity index (χ1) is 12.0. The molecule has 0 bridgehead atoms. The molecule has 0 aliphatic carbocycles. The van der Waals surface area contributed by atoms with Crippen molar-refractivity contribution in [3.05, 3.63) is 11.6 Å². The minimum Gasteiger partial charge on any atom is -0.481 e. The van der Waals surface area contributed by atoms with E-state index in [1.54, 1.807) is 13.8 Å². The predicted octanol–water partition coefficient (Wildman–Crippen LogP) is 7.87. The highest BCUT2D eigenvalue weighted by molar-refractivity contribution is 5.73. The highest BCUT2D eigenvalue weighted by atomic mass is 16.4. The molecule has 26 heavy (non-hydrogen) atoms. The molecule has 0 aromatic carbocycles. The van der Waals surface area contributed by atoms with E-state index in [9.17, 15) is 4.79 Å². The Labute approximate surface area is 163 Å². The fraction of sp³-hybridized carbons (Fsp3) is 0.875. The van der Waals surface area contributed by atoms with Crippen molar-refractivity contribution in [2.45, 2.75) is 113 Å². The Hall–Kier alpha value is -0.790. The summed E-state index contributed by atoms with van der Waals surface area (Å²) in [6.07, 6.45) is 14.6. The topological polar surface area (TPSA) is 37.3 Å². The van der Waals surface area contributed by atoms with E-state index in [1.165, 1.54) is 56.9 Å². The highest BCUT2D eigenvalue weighted by Crippen LogP contribution is 2.24. The van der Waals surface area contributed by atoms with Gasteiger partial charge in [0.1, 0.15) is 0 Å². The first-order valence-electron chi connectivity index (χ1n) is 10.9. The van der Waals surface area contributed by atoms with Crippen LogP contribution >= 0.6 is 0 Å². The van der Waals surface area contributed by atoms with Crippen LogP contribution in [0.15, 0.2) is 11.6 Å². The monoisotopic (exact) mass is 366 g/mol. The van der Waals surface area contributed by atoms with E-state index in [0.29, 0.717) is 6.42 Å². The zero-order chi connectivity index (χ0) is 20.2. The number of aliphatic carboxylic acids is 1. The molecule has 0 amide bonds. The minimum atomic E-state index is -0.714. The van der Waals surface area contributed by atoms with Gasteiger partial charge >= 0.3 is 5.97 Å². The Kier molecular flexibility index (Phi) is 13.0. The van der Waals surface area contributed by atoms with Crippen molar-refractivity contribution < 1.29 is 9.90 Å². The molecule has 0 aliphatic rings. The largest absolute Gasteiger partial charge is 0.481 e. The van der Waals surface area contributed by atoms with Gasteiger partial charge in [-0.1, -0.05) is 84.3 Å². The first kappa shape index (κ1) is 25.2. The molecule has 1 N–H and O–H groups in total. The maximum atomic E-state index is 11.1. The number of carbonyl (C=O) groups is 1. The van der Waals surface area contributed by atoms with Crippen LogP contribution in [0.1, 0.15) is 113 Å². The van der Waals surface area contributed by atoms with Crippen molar-refractivity contribution >= 4 is 5.97 Å². The molecule has 0 spiro atoms. The van der Waals surface area contributed by atoms with Crippen LogP contribution < -0.4 is 0 Å². The maximum Gasteiger partial charge on any atom is 0.309 e. The van der Waals surface area contributed by atoms with Gasteiger partial charge in [-0.2, -0.15) is 0 Å². The van der Waals surface area contributed by atoms with Crippen LogP contribution in [-0.2, 0) is 4.79 Å². The van der Waals surface area contributed by atoms with E-state index >= 15 is 0 Å². The molecule has 0 fully saturated rings. The lowest BCUT2D eigenvalue weighted by Crippen LogP contribution is -2.22. The number of hydrogen-bond donors (Lipinski definition) is 1. The van der Waals surface area contributed by atoms with Crippen LogP contribution in [0.5, 0.6) is 0 Å². The van der Waals surface area contributed by atoms with Gasteiger partial charge in [-0.3, -0.25) is 4.79 Å². The average molecular weight is 367 g/mol. The van der Waals surface area contributed by atoms with Crippen LogP contribution in [0.25, 0.3) is 0 Å². The molecule has 154 valence electrons. The van der Waals surface area contributed by atoms with Crippen LogP contribution in [0.4, 0.5) is 0 Å². The number of allylic oxidation sites excluding steroid dienone is 2. The normalized spacial score (nSPS) is 15.3. The zero-order valence-electron chi connectivity index (χ0n) is 18.7. The summed E-state index contributed by atoms with van der Waals surface area (Å²) in [6, 6.07) is 0. The summed E-state index contributed by atoms with van der Waals surface area (Å²) in [5.41, 5.74) is 0.686. The quantitative estimate of drug-likeness (QED) is 0.299. The molecule has 0 aromatic rings. The van der Waals surface area contributed by atoms with Gasteiger partial charge < -0.3 is 5.11 Å². The molecule has 2 unspecified atom stereocenters. The van der Waals surface area contributed by atoms with Crippen molar-refractivity contribution in [1.82, 2.24) is 0 Å². The van der Waals surface area contributed by atoms with Gasteiger partial charge in [-0.25, -0.2) is 0 Å².